The molecule has 3 N–H and O–H groups in total. The monoisotopic (exact) mass is 305 g/mol. The summed E-state index contributed by atoms with van der Waals surface area (Å²) >= 11 is 1.54. The van der Waals surface area contributed by atoms with Crippen LogP contribution in [0.4, 0.5) is 4.79 Å². The third-order valence-electron chi connectivity index (χ3n) is 2.75. The number of urea groups is 1. The number of aromatic nitrogens is 1. The molecule has 0 saturated heterocycles. The van der Waals surface area contributed by atoms with Crippen molar-refractivity contribution >= 4 is 23.3 Å². The fourth-order valence-electron chi connectivity index (χ4n) is 1.67. The number of thiazole rings is 1. The molecule has 2 rings (SSSR count). The van der Waals surface area contributed by atoms with Crippen LogP contribution < -0.4 is 10.6 Å². The van der Waals surface area contributed by atoms with Crippen LogP contribution in [-0.4, -0.2) is 22.1 Å². The number of carbonyl (C=O) groups excluding carboxylic acids is 1. The van der Waals surface area contributed by atoms with Gasteiger partial charge in [0.05, 0.1) is 22.8 Å². The van der Waals surface area contributed by atoms with Crippen molar-refractivity contribution < 1.29 is 14.7 Å². The summed E-state index contributed by atoms with van der Waals surface area (Å²) < 4.78 is 0. The van der Waals surface area contributed by atoms with Gasteiger partial charge < -0.3 is 15.7 Å². The van der Waals surface area contributed by atoms with Gasteiger partial charge in [-0.3, -0.25) is 0 Å². The van der Waals surface area contributed by atoms with Gasteiger partial charge in [-0.15, -0.1) is 11.3 Å². The van der Waals surface area contributed by atoms with Crippen molar-refractivity contribution in [3.63, 3.8) is 0 Å². The van der Waals surface area contributed by atoms with Crippen LogP contribution in [0, 0.1) is 6.92 Å². The van der Waals surface area contributed by atoms with Crippen molar-refractivity contribution in [3.05, 3.63) is 51.5 Å². The highest BCUT2D eigenvalue weighted by Crippen LogP contribution is 2.07. The first-order chi connectivity index (χ1) is 10.0. The minimum absolute atomic E-state index is 0.224. The van der Waals surface area contributed by atoms with Crippen LogP contribution in [0.25, 0.3) is 0 Å². The molecule has 1 aromatic carbocycles. The Morgan fingerprint density at radius 2 is 1.86 bits per heavy atom. The van der Waals surface area contributed by atoms with E-state index in [0.29, 0.717) is 13.1 Å². The van der Waals surface area contributed by atoms with Crippen molar-refractivity contribution in [2.24, 2.45) is 0 Å². The lowest BCUT2D eigenvalue weighted by Crippen LogP contribution is -2.34. The standard InChI is InChI=1S/C14H15N3O3S/c1-9-17-12(8-21-9)7-16-14(20)15-6-10-2-4-11(5-3-10)13(18)19/h2-5,8H,6-7H2,1H3,(H,18,19)(H2,15,16,20). The third-order valence-corrected chi connectivity index (χ3v) is 3.57. The van der Waals surface area contributed by atoms with Gasteiger partial charge in [-0.1, -0.05) is 12.1 Å². The molecule has 21 heavy (non-hydrogen) atoms. The SMILES string of the molecule is Cc1nc(CNC(=O)NCc2ccc(C(=O)O)cc2)cs1. The molecule has 6 nitrogen and oxygen atoms in total. The maximum atomic E-state index is 11.6. The molecule has 0 unspecified atom stereocenters. The minimum atomic E-state index is -0.967. The molecule has 0 spiro atoms. The van der Waals surface area contributed by atoms with Crippen LogP contribution in [0.2, 0.25) is 0 Å². The van der Waals surface area contributed by atoms with Crippen LogP contribution in [0.15, 0.2) is 29.6 Å². The summed E-state index contributed by atoms with van der Waals surface area (Å²) in [5.74, 6) is -0.967. The lowest BCUT2D eigenvalue weighted by molar-refractivity contribution is 0.0697. The topological polar surface area (TPSA) is 91.3 Å². The van der Waals surface area contributed by atoms with E-state index in [0.717, 1.165) is 16.3 Å². The maximum absolute atomic E-state index is 11.6. The molecule has 0 fully saturated rings. The number of hydrogen-bond donors (Lipinski definition) is 3. The molecule has 0 radical (unpaired) electrons. The predicted octanol–water partition coefficient (Wildman–Crippen LogP) is 2.15. The molecule has 0 saturated carbocycles. The Kier molecular flexibility index (Phi) is 4.89. The number of carbonyl (C=O) groups is 2. The zero-order chi connectivity index (χ0) is 15.2. The molecule has 1 heterocycles. The van der Waals surface area contributed by atoms with Crippen LogP contribution in [0.1, 0.15) is 26.6 Å². The van der Waals surface area contributed by atoms with Gasteiger partial charge in [-0.05, 0) is 24.6 Å². The third kappa shape index (κ3) is 4.57. The average Bonchev–Trinajstić information content (AvgIpc) is 2.89. The first-order valence-electron chi connectivity index (χ1n) is 6.29. The molecule has 0 aliphatic heterocycles. The normalized spacial score (nSPS) is 10.1. The van der Waals surface area contributed by atoms with Gasteiger partial charge in [-0.25, -0.2) is 14.6 Å². The molecule has 2 amide bonds. The summed E-state index contributed by atoms with van der Waals surface area (Å²) in [6, 6.07) is 6.08. The van der Waals surface area contributed by atoms with Gasteiger partial charge in [0.2, 0.25) is 0 Å². The van der Waals surface area contributed by atoms with E-state index < -0.39 is 5.97 Å². The Bertz CT molecular complexity index is 637. The van der Waals surface area contributed by atoms with Crippen LogP contribution >= 0.6 is 11.3 Å². The molecular weight excluding hydrogens is 290 g/mol. The fourth-order valence-corrected chi connectivity index (χ4v) is 2.28. The molecule has 2 aromatic rings. The summed E-state index contributed by atoms with van der Waals surface area (Å²) in [6.07, 6.45) is 0. The molecule has 110 valence electrons. The van der Waals surface area contributed by atoms with Crippen LogP contribution in [0.5, 0.6) is 0 Å². The summed E-state index contributed by atoms with van der Waals surface area (Å²) in [5, 5.41) is 17.1. The van der Waals surface area contributed by atoms with Crippen molar-refractivity contribution in [1.29, 1.82) is 0 Å². The number of amides is 2. The fraction of sp³-hybridized carbons (Fsp3) is 0.214. The maximum Gasteiger partial charge on any atom is 0.335 e. The summed E-state index contributed by atoms with van der Waals surface area (Å²) in [6.45, 7) is 2.63. The highest BCUT2D eigenvalue weighted by molar-refractivity contribution is 7.09. The van der Waals surface area contributed by atoms with E-state index in [1.54, 1.807) is 12.1 Å². The number of benzene rings is 1. The number of aryl methyl sites for hydroxylation is 1. The first kappa shape index (κ1) is 15.0. The van der Waals surface area contributed by atoms with E-state index >= 15 is 0 Å². The second kappa shape index (κ2) is 6.85. The van der Waals surface area contributed by atoms with E-state index in [2.05, 4.69) is 15.6 Å². The molecule has 0 bridgehead atoms. The van der Waals surface area contributed by atoms with Gasteiger partial charge in [0.1, 0.15) is 0 Å². The van der Waals surface area contributed by atoms with Crippen molar-refractivity contribution in [2.75, 3.05) is 0 Å². The number of nitrogens with zero attached hydrogens (tertiary/aromatic N) is 1. The minimum Gasteiger partial charge on any atom is -0.478 e. The van der Waals surface area contributed by atoms with Gasteiger partial charge in [-0.2, -0.15) is 0 Å². The number of aromatic carboxylic acids is 1. The summed E-state index contributed by atoms with van der Waals surface area (Å²) in [5.41, 5.74) is 1.89. The first-order valence-corrected chi connectivity index (χ1v) is 7.17. The van der Waals surface area contributed by atoms with Crippen molar-refractivity contribution in [3.8, 4) is 0 Å². The molecule has 0 atom stereocenters. The van der Waals surface area contributed by atoms with E-state index in [1.807, 2.05) is 12.3 Å². The second-order valence-corrected chi connectivity index (χ2v) is 5.46. The molecule has 0 aliphatic rings. The molecular formula is C14H15N3O3S. The Balaban J connectivity index is 1.77. The number of carboxylic acid groups (broad SMARTS) is 1. The number of nitrogens with one attached hydrogen (secondary N) is 2. The molecule has 0 aliphatic carbocycles. The molecule has 1 aromatic heterocycles. The van der Waals surface area contributed by atoms with Crippen LogP contribution in [-0.2, 0) is 13.1 Å². The van der Waals surface area contributed by atoms with E-state index in [1.165, 1.54) is 23.5 Å². The number of rotatable bonds is 5. The van der Waals surface area contributed by atoms with Gasteiger partial charge in [0.25, 0.3) is 0 Å². The predicted molar refractivity (Wildman–Crippen MR) is 79.3 cm³/mol. The summed E-state index contributed by atoms with van der Waals surface area (Å²) in [7, 11) is 0. The lowest BCUT2D eigenvalue weighted by Gasteiger charge is -2.07. The highest BCUT2D eigenvalue weighted by Gasteiger charge is 2.04. The lowest BCUT2D eigenvalue weighted by atomic mass is 10.1. The Morgan fingerprint density at radius 3 is 2.43 bits per heavy atom. The number of hydrogen-bond acceptors (Lipinski definition) is 4. The van der Waals surface area contributed by atoms with Gasteiger partial charge in [0, 0.05) is 11.9 Å². The van der Waals surface area contributed by atoms with Crippen LogP contribution in [0.3, 0.4) is 0 Å². The number of carboxylic acids is 1. The smallest absolute Gasteiger partial charge is 0.335 e. The largest absolute Gasteiger partial charge is 0.478 e. The second-order valence-electron chi connectivity index (χ2n) is 4.40. The quantitative estimate of drug-likeness (QED) is 0.789. The zero-order valence-electron chi connectivity index (χ0n) is 11.4. The highest BCUT2D eigenvalue weighted by atomic mass is 32.1. The Labute approximate surface area is 125 Å². The van der Waals surface area contributed by atoms with Crippen molar-refractivity contribution in [1.82, 2.24) is 15.6 Å². The summed E-state index contributed by atoms with van der Waals surface area (Å²) in [4.78, 5) is 26.6. The van der Waals surface area contributed by atoms with Gasteiger partial charge in [0.15, 0.2) is 0 Å². The van der Waals surface area contributed by atoms with E-state index in [9.17, 15) is 9.59 Å². The van der Waals surface area contributed by atoms with E-state index in [4.69, 9.17) is 5.11 Å². The average molecular weight is 305 g/mol. The Morgan fingerprint density at radius 1 is 1.19 bits per heavy atom. The van der Waals surface area contributed by atoms with Gasteiger partial charge >= 0.3 is 12.0 Å². The molecule has 7 heteroatoms. The Hall–Kier alpha value is -2.41. The van der Waals surface area contributed by atoms with Crippen molar-refractivity contribution in [2.45, 2.75) is 20.0 Å². The van der Waals surface area contributed by atoms with E-state index in [-0.39, 0.29) is 11.6 Å². The zero-order valence-corrected chi connectivity index (χ0v) is 12.2.